The van der Waals surface area contributed by atoms with Crippen LogP contribution in [-0.2, 0) is 19.0 Å². The fourth-order valence-electron chi connectivity index (χ4n) is 5.81. The molecule has 0 aromatic carbocycles. The first kappa shape index (κ1) is 17.5. The van der Waals surface area contributed by atoms with E-state index in [-0.39, 0.29) is 30.8 Å². The van der Waals surface area contributed by atoms with E-state index in [1.807, 2.05) is 19.0 Å². The number of aliphatic hydroxyl groups is 1. The van der Waals surface area contributed by atoms with Crippen molar-refractivity contribution in [2.24, 2.45) is 10.8 Å². The van der Waals surface area contributed by atoms with Crippen LogP contribution in [0.1, 0.15) is 33.6 Å². The SMILES string of the molecule is CC(=O)OCC12CCC(C)=CC1OC1C(N(C)C)C(O)C2(C)C12CO2. The van der Waals surface area contributed by atoms with Crippen LogP contribution in [0.5, 0.6) is 0 Å². The maximum Gasteiger partial charge on any atom is 0.302 e. The molecule has 6 heteroatoms. The molecule has 0 radical (unpaired) electrons. The number of likely N-dealkylation sites (N-methyl/N-ethyl adjacent to an activating group) is 1. The van der Waals surface area contributed by atoms with Crippen LogP contribution >= 0.6 is 0 Å². The maximum atomic E-state index is 11.6. The summed E-state index contributed by atoms with van der Waals surface area (Å²) in [5.74, 6) is -0.299. The summed E-state index contributed by atoms with van der Waals surface area (Å²) in [6.45, 7) is 6.51. The zero-order chi connectivity index (χ0) is 18.2. The molecular weight excluding hydrogens is 322 g/mol. The lowest BCUT2D eigenvalue weighted by molar-refractivity contribution is -0.230. The molecule has 2 heterocycles. The summed E-state index contributed by atoms with van der Waals surface area (Å²) in [6, 6.07) is -0.138. The Bertz CT molecular complexity index is 627. The van der Waals surface area contributed by atoms with E-state index in [0.29, 0.717) is 6.61 Å². The Morgan fingerprint density at radius 2 is 2.16 bits per heavy atom. The van der Waals surface area contributed by atoms with E-state index in [1.54, 1.807) is 0 Å². The van der Waals surface area contributed by atoms with Gasteiger partial charge in [0.15, 0.2) is 0 Å². The number of allylic oxidation sites excluding steroid dienone is 1. The number of aliphatic hydroxyl groups excluding tert-OH is 1. The van der Waals surface area contributed by atoms with Crippen molar-refractivity contribution < 1.29 is 24.1 Å². The summed E-state index contributed by atoms with van der Waals surface area (Å²) in [5.41, 5.74) is -0.211. The van der Waals surface area contributed by atoms with Crippen molar-refractivity contribution in [3.05, 3.63) is 11.6 Å². The quantitative estimate of drug-likeness (QED) is 0.467. The number of hydrogen-bond acceptors (Lipinski definition) is 6. The highest BCUT2D eigenvalue weighted by Gasteiger charge is 2.84. The van der Waals surface area contributed by atoms with Gasteiger partial charge in [-0.25, -0.2) is 0 Å². The minimum atomic E-state index is -0.609. The lowest BCUT2D eigenvalue weighted by Crippen LogP contribution is -2.66. The number of rotatable bonds is 3. The minimum absolute atomic E-state index is 0.138. The number of esters is 1. The molecule has 2 aliphatic carbocycles. The fraction of sp³-hybridized carbons (Fsp3) is 0.842. The monoisotopic (exact) mass is 351 g/mol. The van der Waals surface area contributed by atoms with Crippen LogP contribution in [0.2, 0.25) is 0 Å². The van der Waals surface area contributed by atoms with Gasteiger partial charge in [-0.05, 0) is 33.9 Å². The molecule has 3 fully saturated rings. The highest BCUT2D eigenvalue weighted by Crippen LogP contribution is 2.71. The third kappa shape index (κ3) is 1.97. The van der Waals surface area contributed by atoms with E-state index in [0.717, 1.165) is 12.8 Å². The molecule has 6 nitrogen and oxygen atoms in total. The van der Waals surface area contributed by atoms with Gasteiger partial charge in [0.25, 0.3) is 0 Å². The minimum Gasteiger partial charge on any atom is -0.465 e. The third-order valence-corrected chi connectivity index (χ3v) is 7.42. The second-order valence-electron chi connectivity index (χ2n) is 8.71. The van der Waals surface area contributed by atoms with Crippen LogP contribution < -0.4 is 0 Å². The number of epoxide rings is 1. The Balaban J connectivity index is 1.85. The summed E-state index contributed by atoms with van der Waals surface area (Å²) >= 11 is 0. The molecule has 140 valence electrons. The Labute approximate surface area is 149 Å². The average molecular weight is 351 g/mol. The zero-order valence-electron chi connectivity index (χ0n) is 15.7. The Kier molecular flexibility index (Phi) is 3.69. The van der Waals surface area contributed by atoms with Gasteiger partial charge in [-0.1, -0.05) is 18.6 Å². The molecule has 2 saturated heterocycles. The first-order valence-electron chi connectivity index (χ1n) is 9.14. The number of nitrogens with zero attached hydrogens (tertiary/aromatic N) is 1. The van der Waals surface area contributed by atoms with Crippen LogP contribution in [0.3, 0.4) is 0 Å². The fourth-order valence-corrected chi connectivity index (χ4v) is 5.81. The van der Waals surface area contributed by atoms with Crippen LogP contribution in [0, 0.1) is 10.8 Å². The topological polar surface area (TPSA) is 71.5 Å². The highest BCUT2D eigenvalue weighted by atomic mass is 16.6. The van der Waals surface area contributed by atoms with E-state index in [4.69, 9.17) is 14.2 Å². The Hall–Kier alpha value is -0.950. The molecule has 4 aliphatic rings. The number of hydrogen-bond donors (Lipinski definition) is 1. The van der Waals surface area contributed by atoms with Gasteiger partial charge in [0.05, 0.1) is 24.9 Å². The zero-order valence-corrected chi connectivity index (χ0v) is 15.7. The van der Waals surface area contributed by atoms with Crippen LogP contribution in [0.25, 0.3) is 0 Å². The van der Waals surface area contributed by atoms with Gasteiger partial charge in [-0.15, -0.1) is 0 Å². The molecule has 2 aliphatic heterocycles. The first-order valence-corrected chi connectivity index (χ1v) is 9.14. The average Bonchev–Trinajstić information content (AvgIpc) is 3.30. The van der Waals surface area contributed by atoms with Crippen molar-refractivity contribution >= 4 is 5.97 Å². The Morgan fingerprint density at radius 3 is 2.72 bits per heavy atom. The third-order valence-electron chi connectivity index (χ3n) is 7.42. The molecule has 0 amide bonds. The van der Waals surface area contributed by atoms with Crippen molar-refractivity contribution in [2.75, 3.05) is 27.3 Å². The molecular formula is C19H29NO5. The standard InChI is InChI=1S/C19H29NO5/c1-11-6-7-18(9-23-12(2)21)13(8-11)25-16-14(20(4)5)15(22)17(18,3)19(16)10-24-19/h8,13-16,22H,6-7,9-10H2,1-5H3. The molecule has 7 unspecified atom stereocenters. The second kappa shape index (κ2) is 5.28. The Morgan fingerprint density at radius 1 is 1.48 bits per heavy atom. The van der Waals surface area contributed by atoms with Crippen molar-refractivity contribution in [1.82, 2.24) is 4.90 Å². The van der Waals surface area contributed by atoms with Gasteiger partial charge in [0.2, 0.25) is 0 Å². The maximum absolute atomic E-state index is 11.6. The molecule has 2 bridgehead atoms. The van der Waals surface area contributed by atoms with Gasteiger partial charge < -0.3 is 24.2 Å². The van der Waals surface area contributed by atoms with Crippen LogP contribution in [0.4, 0.5) is 0 Å². The number of fused-ring (bicyclic) bond motifs is 2. The van der Waals surface area contributed by atoms with E-state index >= 15 is 0 Å². The van der Waals surface area contributed by atoms with Crippen molar-refractivity contribution in [2.45, 2.75) is 63.6 Å². The van der Waals surface area contributed by atoms with E-state index in [2.05, 4.69) is 19.9 Å². The molecule has 25 heavy (non-hydrogen) atoms. The summed E-state index contributed by atoms with van der Waals surface area (Å²) < 4.78 is 18.1. The second-order valence-corrected chi connectivity index (χ2v) is 8.71. The summed E-state index contributed by atoms with van der Waals surface area (Å²) in [6.07, 6.45) is 2.93. The molecule has 4 rings (SSSR count). The molecule has 1 N–H and O–H groups in total. The summed E-state index contributed by atoms with van der Waals surface area (Å²) in [5, 5.41) is 11.4. The molecule has 7 atom stereocenters. The van der Waals surface area contributed by atoms with Crippen molar-refractivity contribution in [3.63, 3.8) is 0 Å². The van der Waals surface area contributed by atoms with Crippen molar-refractivity contribution in [3.8, 4) is 0 Å². The van der Waals surface area contributed by atoms with Crippen molar-refractivity contribution in [1.29, 1.82) is 0 Å². The largest absolute Gasteiger partial charge is 0.465 e. The van der Waals surface area contributed by atoms with E-state index in [1.165, 1.54) is 12.5 Å². The van der Waals surface area contributed by atoms with Crippen LogP contribution in [-0.4, -0.2) is 73.2 Å². The molecule has 1 saturated carbocycles. The van der Waals surface area contributed by atoms with Gasteiger partial charge in [-0.3, -0.25) is 4.79 Å². The summed E-state index contributed by atoms with van der Waals surface area (Å²) in [7, 11) is 3.95. The normalized spacial score (nSPS) is 50.6. The first-order chi connectivity index (χ1) is 11.7. The predicted octanol–water partition coefficient (Wildman–Crippen LogP) is 1.12. The van der Waals surface area contributed by atoms with Gasteiger partial charge >= 0.3 is 5.97 Å². The number of carbonyl (C=O) groups excluding carboxylic acids is 1. The number of carbonyl (C=O) groups is 1. The van der Waals surface area contributed by atoms with Crippen LogP contribution in [0.15, 0.2) is 11.6 Å². The number of ether oxygens (including phenoxy) is 3. The predicted molar refractivity (Wildman–Crippen MR) is 91.0 cm³/mol. The molecule has 0 aromatic heterocycles. The highest BCUT2D eigenvalue weighted by molar-refractivity contribution is 5.66. The summed E-state index contributed by atoms with van der Waals surface area (Å²) in [4.78, 5) is 13.6. The molecule has 1 spiro atoms. The lowest BCUT2D eigenvalue weighted by Gasteiger charge is -2.58. The van der Waals surface area contributed by atoms with E-state index < -0.39 is 22.5 Å². The smallest absolute Gasteiger partial charge is 0.302 e. The lowest BCUT2D eigenvalue weighted by atomic mass is 9.51. The van der Waals surface area contributed by atoms with Gasteiger partial charge in [0.1, 0.15) is 18.3 Å². The van der Waals surface area contributed by atoms with E-state index in [9.17, 15) is 9.90 Å². The van der Waals surface area contributed by atoms with Gasteiger partial charge in [0, 0.05) is 17.8 Å². The van der Waals surface area contributed by atoms with Gasteiger partial charge in [-0.2, -0.15) is 0 Å². The molecule has 0 aromatic rings.